The first-order valence-corrected chi connectivity index (χ1v) is 5.63. The molecule has 2 N–H and O–H groups in total. The van der Waals surface area contributed by atoms with Gasteiger partial charge in [0.2, 0.25) is 0 Å². The number of benzene rings is 1. The summed E-state index contributed by atoms with van der Waals surface area (Å²) in [6, 6.07) is 4.60. The molecular formula is C11H15BrFNO2. The number of rotatable bonds is 5. The van der Waals surface area contributed by atoms with E-state index < -0.39 is 6.29 Å². The molecule has 16 heavy (non-hydrogen) atoms. The Morgan fingerprint density at radius 3 is 2.50 bits per heavy atom. The maximum Gasteiger partial charge on any atom is 0.172 e. The molecule has 1 rings (SSSR count). The highest BCUT2D eigenvalue weighted by atomic mass is 79.9. The molecule has 5 heteroatoms. The minimum Gasteiger partial charge on any atom is -0.354 e. The van der Waals surface area contributed by atoms with Crippen molar-refractivity contribution in [2.24, 2.45) is 5.73 Å². The second-order valence-electron chi connectivity index (χ2n) is 3.46. The van der Waals surface area contributed by atoms with Gasteiger partial charge in [-0.2, -0.15) is 0 Å². The predicted octanol–water partition coefficient (Wildman–Crippen LogP) is 2.08. The molecule has 0 aliphatic heterocycles. The summed E-state index contributed by atoms with van der Waals surface area (Å²) >= 11 is 3.10. The van der Waals surface area contributed by atoms with Crippen molar-refractivity contribution in [3.63, 3.8) is 0 Å². The maximum absolute atomic E-state index is 13.2. The standard InChI is InChI=1S/C11H15BrFNO2/c1-15-11(16-2)10(14)6-7-3-4-8(12)9(13)5-7/h3-5,10-11H,6,14H2,1-2H3. The van der Waals surface area contributed by atoms with E-state index in [9.17, 15) is 4.39 Å². The number of ether oxygens (including phenoxy) is 2. The highest BCUT2D eigenvalue weighted by molar-refractivity contribution is 9.10. The monoisotopic (exact) mass is 291 g/mol. The highest BCUT2D eigenvalue weighted by Gasteiger charge is 2.17. The molecule has 0 radical (unpaired) electrons. The van der Waals surface area contributed by atoms with Crippen LogP contribution in [0.4, 0.5) is 4.39 Å². The number of methoxy groups -OCH3 is 2. The molecule has 0 bridgehead atoms. The predicted molar refractivity (Wildman–Crippen MR) is 63.6 cm³/mol. The number of nitrogens with two attached hydrogens (primary N) is 1. The third kappa shape index (κ3) is 3.52. The summed E-state index contributed by atoms with van der Waals surface area (Å²) < 4.78 is 23.8. The lowest BCUT2D eigenvalue weighted by Gasteiger charge is -2.20. The Morgan fingerprint density at radius 1 is 1.38 bits per heavy atom. The number of hydrogen-bond donors (Lipinski definition) is 1. The molecule has 0 aliphatic rings. The molecule has 1 aromatic carbocycles. The normalized spacial score (nSPS) is 13.1. The number of halogens is 2. The van der Waals surface area contributed by atoms with Gasteiger partial charge in [-0.3, -0.25) is 0 Å². The van der Waals surface area contributed by atoms with E-state index in [1.165, 1.54) is 20.3 Å². The minimum absolute atomic E-state index is 0.295. The van der Waals surface area contributed by atoms with Crippen LogP contribution < -0.4 is 5.73 Å². The van der Waals surface area contributed by atoms with Gasteiger partial charge in [0.1, 0.15) is 5.82 Å². The fraction of sp³-hybridized carbons (Fsp3) is 0.455. The second kappa shape index (κ2) is 6.30. The van der Waals surface area contributed by atoms with Crippen molar-refractivity contribution in [3.05, 3.63) is 34.1 Å². The van der Waals surface area contributed by atoms with Crippen LogP contribution in [0, 0.1) is 5.82 Å². The molecule has 1 aromatic rings. The molecule has 90 valence electrons. The van der Waals surface area contributed by atoms with Crippen molar-refractivity contribution in [2.75, 3.05) is 14.2 Å². The van der Waals surface area contributed by atoms with Crippen LogP contribution in [-0.4, -0.2) is 26.6 Å². The Labute approximate surface area is 103 Å². The summed E-state index contributed by atoms with van der Waals surface area (Å²) in [4.78, 5) is 0. The molecule has 3 nitrogen and oxygen atoms in total. The van der Waals surface area contributed by atoms with Gasteiger partial charge in [-0.1, -0.05) is 6.07 Å². The molecule has 0 spiro atoms. The first-order chi connectivity index (χ1) is 7.58. The molecule has 0 fully saturated rings. The molecule has 0 saturated heterocycles. The van der Waals surface area contributed by atoms with Gasteiger partial charge in [-0.25, -0.2) is 4.39 Å². The largest absolute Gasteiger partial charge is 0.354 e. The van der Waals surface area contributed by atoms with Gasteiger partial charge in [0.15, 0.2) is 6.29 Å². The van der Waals surface area contributed by atoms with E-state index in [0.29, 0.717) is 10.9 Å². The van der Waals surface area contributed by atoms with Crippen molar-refractivity contribution < 1.29 is 13.9 Å². The zero-order chi connectivity index (χ0) is 12.1. The quantitative estimate of drug-likeness (QED) is 0.845. The molecule has 0 saturated carbocycles. The molecule has 0 heterocycles. The SMILES string of the molecule is COC(OC)C(N)Cc1ccc(Br)c(F)c1. The van der Waals surface area contributed by atoms with Crippen molar-refractivity contribution in [1.29, 1.82) is 0 Å². The third-order valence-electron chi connectivity index (χ3n) is 2.27. The third-order valence-corrected chi connectivity index (χ3v) is 2.91. The Balaban J connectivity index is 2.69. The zero-order valence-electron chi connectivity index (χ0n) is 9.24. The van der Waals surface area contributed by atoms with Gasteiger partial charge in [0.05, 0.1) is 10.5 Å². The van der Waals surface area contributed by atoms with Crippen molar-refractivity contribution in [3.8, 4) is 0 Å². The Morgan fingerprint density at radius 2 is 2.00 bits per heavy atom. The number of hydrogen-bond acceptors (Lipinski definition) is 3. The topological polar surface area (TPSA) is 44.5 Å². The van der Waals surface area contributed by atoms with E-state index in [2.05, 4.69) is 15.9 Å². The van der Waals surface area contributed by atoms with Crippen LogP contribution >= 0.6 is 15.9 Å². The van der Waals surface area contributed by atoms with Gasteiger partial charge < -0.3 is 15.2 Å². The van der Waals surface area contributed by atoms with Gasteiger partial charge in [-0.05, 0) is 40.0 Å². The van der Waals surface area contributed by atoms with Crippen LogP contribution in [-0.2, 0) is 15.9 Å². The van der Waals surface area contributed by atoms with Gasteiger partial charge in [0, 0.05) is 14.2 Å². The fourth-order valence-corrected chi connectivity index (χ4v) is 1.73. The Hall–Kier alpha value is -0.490. The summed E-state index contributed by atoms with van der Waals surface area (Å²) in [5.41, 5.74) is 6.69. The zero-order valence-corrected chi connectivity index (χ0v) is 10.8. The average Bonchev–Trinajstić information content (AvgIpc) is 2.25. The van der Waals surface area contributed by atoms with E-state index in [1.807, 2.05) is 6.07 Å². The van der Waals surface area contributed by atoms with E-state index in [0.717, 1.165) is 5.56 Å². The van der Waals surface area contributed by atoms with Crippen LogP contribution in [0.1, 0.15) is 5.56 Å². The van der Waals surface area contributed by atoms with Crippen molar-refractivity contribution in [1.82, 2.24) is 0 Å². The van der Waals surface area contributed by atoms with Gasteiger partial charge >= 0.3 is 0 Å². The van der Waals surface area contributed by atoms with Gasteiger partial charge in [0.25, 0.3) is 0 Å². The summed E-state index contributed by atoms with van der Waals surface area (Å²) in [5, 5.41) is 0. The molecule has 0 aromatic heterocycles. The maximum atomic E-state index is 13.2. The highest BCUT2D eigenvalue weighted by Crippen LogP contribution is 2.17. The molecule has 1 unspecified atom stereocenters. The summed E-state index contributed by atoms with van der Waals surface area (Å²) in [5.74, 6) is -0.295. The van der Waals surface area contributed by atoms with Crippen LogP contribution in [0.5, 0.6) is 0 Å². The van der Waals surface area contributed by atoms with Crippen LogP contribution in [0.25, 0.3) is 0 Å². The minimum atomic E-state index is -0.480. The van der Waals surface area contributed by atoms with E-state index in [1.54, 1.807) is 6.07 Å². The first kappa shape index (κ1) is 13.6. The van der Waals surface area contributed by atoms with Crippen LogP contribution in [0.3, 0.4) is 0 Å². The van der Waals surface area contributed by atoms with Crippen molar-refractivity contribution >= 4 is 15.9 Å². The van der Waals surface area contributed by atoms with Crippen LogP contribution in [0.15, 0.2) is 22.7 Å². The second-order valence-corrected chi connectivity index (χ2v) is 4.31. The summed E-state index contributed by atoms with van der Waals surface area (Å²) in [6.45, 7) is 0. The molecule has 1 atom stereocenters. The average molecular weight is 292 g/mol. The molecule has 0 amide bonds. The summed E-state index contributed by atoms with van der Waals surface area (Å²) in [6.07, 6.45) is 0.0167. The molecular weight excluding hydrogens is 277 g/mol. The van der Waals surface area contributed by atoms with Crippen LogP contribution in [0.2, 0.25) is 0 Å². The summed E-state index contributed by atoms with van der Waals surface area (Å²) in [7, 11) is 3.05. The van der Waals surface area contributed by atoms with E-state index in [4.69, 9.17) is 15.2 Å². The Kier molecular flexibility index (Phi) is 5.34. The van der Waals surface area contributed by atoms with Crippen molar-refractivity contribution in [2.45, 2.75) is 18.8 Å². The Bertz CT molecular complexity index is 345. The smallest absolute Gasteiger partial charge is 0.172 e. The van der Waals surface area contributed by atoms with E-state index in [-0.39, 0.29) is 11.9 Å². The fourth-order valence-electron chi connectivity index (χ4n) is 1.48. The van der Waals surface area contributed by atoms with E-state index >= 15 is 0 Å². The lowest BCUT2D eigenvalue weighted by Crippen LogP contribution is -2.39. The van der Waals surface area contributed by atoms with Gasteiger partial charge in [-0.15, -0.1) is 0 Å². The lowest BCUT2D eigenvalue weighted by molar-refractivity contribution is -0.115. The first-order valence-electron chi connectivity index (χ1n) is 4.83. The molecule has 0 aliphatic carbocycles. The lowest BCUT2D eigenvalue weighted by atomic mass is 10.1.